The molecule has 96 valence electrons. The van der Waals surface area contributed by atoms with Crippen molar-refractivity contribution in [2.24, 2.45) is 7.05 Å². The summed E-state index contributed by atoms with van der Waals surface area (Å²) in [7, 11) is 3.70. The van der Waals surface area contributed by atoms with Crippen molar-refractivity contribution < 1.29 is 9.53 Å². The molecule has 0 saturated heterocycles. The Morgan fingerprint density at radius 2 is 2.11 bits per heavy atom. The SMILES string of the molecule is COc1ccc(C)c2c(CCC(C)=O)cn(C)c12. The van der Waals surface area contributed by atoms with E-state index >= 15 is 0 Å². The Morgan fingerprint density at radius 1 is 1.39 bits per heavy atom. The Morgan fingerprint density at radius 3 is 2.72 bits per heavy atom. The van der Waals surface area contributed by atoms with Gasteiger partial charge in [0.2, 0.25) is 0 Å². The summed E-state index contributed by atoms with van der Waals surface area (Å²) in [4.78, 5) is 11.1. The van der Waals surface area contributed by atoms with Crippen LogP contribution in [0.2, 0.25) is 0 Å². The Balaban J connectivity index is 2.58. The third-order valence-corrected chi connectivity index (χ3v) is 3.34. The number of carbonyl (C=O) groups is 1. The van der Waals surface area contributed by atoms with E-state index < -0.39 is 0 Å². The molecule has 0 unspecified atom stereocenters. The van der Waals surface area contributed by atoms with E-state index in [-0.39, 0.29) is 5.78 Å². The predicted octanol–water partition coefficient (Wildman–Crippen LogP) is 3.02. The van der Waals surface area contributed by atoms with Gasteiger partial charge in [-0.25, -0.2) is 0 Å². The van der Waals surface area contributed by atoms with E-state index in [4.69, 9.17) is 4.74 Å². The minimum Gasteiger partial charge on any atom is -0.495 e. The van der Waals surface area contributed by atoms with Gasteiger partial charge in [-0.05, 0) is 37.5 Å². The number of fused-ring (bicyclic) bond motifs is 1. The van der Waals surface area contributed by atoms with Gasteiger partial charge in [-0.15, -0.1) is 0 Å². The standard InChI is InChI=1S/C15H19NO2/c1-10-5-8-13(18-4)15-14(10)12(9-16(15)3)7-6-11(2)17/h5,8-9H,6-7H2,1-4H3. The Hall–Kier alpha value is -1.77. The monoisotopic (exact) mass is 245 g/mol. The fourth-order valence-corrected chi connectivity index (χ4v) is 2.46. The number of benzene rings is 1. The minimum atomic E-state index is 0.229. The average Bonchev–Trinajstić information content (AvgIpc) is 2.66. The molecule has 0 atom stereocenters. The lowest BCUT2D eigenvalue weighted by molar-refractivity contribution is -0.116. The number of aromatic nitrogens is 1. The van der Waals surface area contributed by atoms with E-state index in [0.29, 0.717) is 6.42 Å². The molecule has 0 N–H and O–H groups in total. The summed E-state index contributed by atoms with van der Waals surface area (Å²) in [5, 5.41) is 1.22. The molecular weight excluding hydrogens is 226 g/mol. The summed E-state index contributed by atoms with van der Waals surface area (Å²) in [6, 6.07) is 4.06. The lowest BCUT2D eigenvalue weighted by atomic mass is 10.0. The second kappa shape index (κ2) is 4.84. The van der Waals surface area contributed by atoms with Crippen LogP contribution in [-0.2, 0) is 18.3 Å². The summed E-state index contributed by atoms with van der Waals surface area (Å²) in [5.41, 5.74) is 3.56. The fraction of sp³-hybridized carbons (Fsp3) is 0.400. The maximum absolute atomic E-state index is 11.1. The van der Waals surface area contributed by atoms with Crippen LogP contribution in [0.3, 0.4) is 0 Å². The van der Waals surface area contributed by atoms with Crippen LogP contribution >= 0.6 is 0 Å². The zero-order valence-corrected chi connectivity index (χ0v) is 11.4. The van der Waals surface area contributed by atoms with Gasteiger partial charge in [-0.3, -0.25) is 0 Å². The molecule has 0 radical (unpaired) electrons. The van der Waals surface area contributed by atoms with Gasteiger partial charge in [0, 0.05) is 25.1 Å². The third-order valence-electron chi connectivity index (χ3n) is 3.34. The van der Waals surface area contributed by atoms with Crippen LogP contribution in [0.5, 0.6) is 5.75 Å². The molecule has 0 aliphatic heterocycles. The Labute approximate surface area is 107 Å². The topological polar surface area (TPSA) is 31.2 Å². The molecule has 3 nitrogen and oxygen atoms in total. The molecule has 1 aromatic heterocycles. The summed E-state index contributed by atoms with van der Waals surface area (Å²) >= 11 is 0. The van der Waals surface area contributed by atoms with Crippen LogP contribution in [0, 0.1) is 6.92 Å². The highest BCUT2D eigenvalue weighted by Crippen LogP contribution is 2.32. The van der Waals surface area contributed by atoms with Crippen molar-refractivity contribution in [1.29, 1.82) is 0 Å². The smallest absolute Gasteiger partial charge is 0.143 e. The maximum Gasteiger partial charge on any atom is 0.143 e. The lowest BCUT2D eigenvalue weighted by Gasteiger charge is -2.07. The normalized spacial score (nSPS) is 10.9. The van der Waals surface area contributed by atoms with Crippen molar-refractivity contribution in [1.82, 2.24) is 4.57 Å². The quantitative estimate of drug-likeness (QED) is 0.829. The van der Waals surface area contributed by atoms with Gasteiger partial charge < -0.3 is 14.1 Å². The lowest BCUT2D eigenvalue weighted by Crippen LogP contribution is -1.94. The first kappa shape index (κ1) is 12.7. The first-order valence-corrected chi connectivity index (χ1v) is 6.15. The van der Waals surface area contributed by atoms with Crippen molar-refractivity contribution in [2.45, 2.75) is 26.7 Å². The van der Waals surface area contributed by atoms with Crippen LogP contribution in [0.1, 0.15) is 24.5 Å². The van der Waals surface area contributed by atoms with E-state index in [1.165, 1.54) is 16.5 Å². The number of carbonyl (C=O) groups excluding carboxylic acids is 1. The molecule has 0 spiro atoms. The number of nitrogens with zero attached hydrogens (tertiary/aromatic N) is 1. The second-order valence-corrected chi connectivity index (χ2v) is 4.78. The number of hydrogen-bond donors (Lipinski definition) is 0. The zero-order valence-electron chi connectivity index (χ0n) is 11.4. The molecular formula is C15H19NO2. The number of methoxy groups -OCH3 is 1. The summed E-state index contributed by atoms with van der Waals surface area (Å²) in [6.07, 6.45) is 3.49. The van der Waals surface area contributed by atoms with E-state index in [1.54, 1.807) is 14.0 Å². The molecule has 3 heteroatoms. The van der Waals surface area contributed by atoms with Gasteiger partial charge in [0.25, 0.3) is 0 Å². The van der Waals surface area contributed by atoms with E-state index in [1.807, 2.05) is 13.1 Å². The molecule has 0 aliphatic carbocycles. The zero-order chi connectivity index (χ0) is 13.3. The molecule has 0 amide bonds. The van der Waals surface area contributed by atoms with E-state index in [0.717, 1.165) is 17.7 Å². The van der Waals surface area contributed by atoms with Crippen molar-refractivity contribution in [2.75, 3.05) is 7.11 Å². The van der Waals surface area contributed by atoms with Crippen molar-refractivity contribution in [3.05, 3.63) is 29.5 Å². The van der Waals surface area contributed by atoms with Gasteiger partial charge in [-0.1, -0.05) is 6.07 Å². The third kappa shape index (κ3) is 2.13. The van der Waals surface area contributed by atoms with E-state index in [9.17, 15) is 4.79 Å². The molecule has 18 heavy (non-hydrogen) atoms. The molecule has 1 heterocycles. The molecule has 2 rings (SSSR count). The number of aryl methyl sites for hydroxylation is 3. The van der Waals surface area contributed by atoms with Gasteiger partial charge in [-0.2, -0.15) is 0 Å². The highest BCUT2D eigenvalue weighted by atomic mass is 16.5. The van der Waals surface area contributed by atoms with Crippen LogP contribution < -0.4 is 4.74 Å². The van der Waals surface area contributed by atoms with Crippen LogP contribution in [0.15, 0.2) is 18.3 Å². The van der Waals surface area contributed by atoms with Gasteiger partial charge in [0.05, 0.1) is 12.6 Å². The van der Waals surface area contributed by atoms with Gasteiger partial charge >= 0.3 is 0 Å². The fourth-order valence-electron chi connectivity index (χ4n) is 2.46. The molecule has 0 saturated carbocycles. The molecule has 0 bridgehead atoms. The Kier molecular flexibility index (Phi) is 3.41. The second-order valence-electron chi connectivity index (χ2n) is 4.78. The molecule has 2 aromatic rings. The van der Waals surface area contributed by atoms with E-state index in [2.05, 4.69) is 23.8 Å². The number of rotatable bonds is 4. The molecule has 0 aliphatic rings. The first-order valence-electron chi connectivity index (χ1n) is 6.15. The van der Waals surface area contributed by atoms with Gasteiger partial charge in [0.15, 0.2) is 0 Å². The van der Waals surface area contributed by atoms with Crippen LogP contribution in [0.25, 0.3) is 10.9 Å². The number of ketones is 1. The number of ether oxygens (including phenoxy) is 1. The van der Waals surface area contributed by atoms with Crippen LogP contribution in [0.4, 0.5) is 0 Å². The molecule has 0 fully saturated rings. The first-order chi connectivity index (χ1) is 8.54. The van der Waals surface area contributed by atoms with Crippen molar-refractivity contribution in [3.63, 3.8) is 0 Å². The Bertz CT molecular complexity index is 596. The van der Waals surface area contributed by atoms with Crippen molar-refractivity contribution in [3.8, 4) is 5.75 Å². The number of Topliss-reactive ketones (excluding diaryl/α,β-unsaturated/α-hetero) is 1. The highest BCUT2D eigenvalue weighted by Gasteiger charge is 2.13. The van der Waals surface area contributed by atoms with Gasteiger partial charge in [0.1, 0.15) is 11.5 Å². The summed E-state index contributed by atoms with van der Waals surface area (Å²) in [5.74, 6) is 1.11. The largest absolute Gasteiger partial charge is 0.495 e. The minimum absolute atomic E-state index is 0.229. The predicted molar refractivity (Wildman–Crippen MR) is 73.2 cm³/mol. The average molecular weight is 245 g/mol. The summed E-state index contributed by atoms with van der Waals surface area (Å²) in [6.45, 7) is 3.73. The highest BCUT2D eigenvalue weighted by molar-refractivity contribution is 5.92. The van der Waals surface area contributed by atoms with Crippen LogP contribution in [-0.4, -0.2) is 17.5 Å². The maximum atomic E-state index is 11.1. The number of hydrogen-bond acceptors (Lipinski definition) is 2. The van der Waals surface area contributed by atoms with Crippen molar-refractivity contribution >= 4 is 16.7 Å². The molecule has 1 aromatic carbocycles. The summed E-state index contributed by atoms with van der Waals surface area (Å²) < 4.78 is 7.49.